The number of anilines is 1. The Morgan fingerprint density at radius 1 is 1.07 bits per heavy atom. The van der Waals surface area contributed by atoms with Crippen LogP contribution in [-0.2, 0) is 6.18 Å². The molecule has 2 aliphatic rings. The standard InChI is InChI=1S/C19H16F3N5O2/c20-19(21,22)11-4-2-10(3-5-11)16-25-17(23)26-18-24-12-8-14-15(9-13(12)27(16)18)29-7-1-6-28-14/h2-5,8-9,16H,1,6-7H2,(H3,23,24,25,26)/t16-/m0/s1. The lowest BCUT2D eigenvalue weighted by Crippen LogP contribution is -2.31. The zero-order valence-corrected chi connectivity index (χ0v) is 15.0. The molecule has 2 aliphatic heterocycles. The molecule has 0 radical (unpaired) electrons. The summed E-state index contributed by atoms with van der Waals surface area (Å²) in [4.78, 5) is 8.94. The molecule has 0 spiro atoms. The number of guanidine groups is 1. The van der Waals surface area contributed by atoms with Gasteiger partial charge in [0.2, 0.25) is 5.95 Å². The lowest BCUT2D eigenvalue weighted by atomic mass is 10.1. The third-order valence-corrected chi connectivity index (χ3v) is 4.84. The average Bonchev–Trinajstić information content (AvgIpc) is 2.86. The molecule has 0 saturated carbocycles. The maximum Gasteiger partial charge on any atom is 0.416 e. The minimum atomic E-state index is -4.41. The molecule has 7 nitrogen and oxygen atoms in total. The van der Waals surface area contributed by atoms with E-state index in [0.717, 1.165) is 18.6 Å². The van der Waals surface area contributed by atoms with Gasteiger partial charge in [-0.1, -0.05) is 12.1 Å². The monoisotopic (exact) mass is 403 g/mol. The van der Waals surface area contributed by atoms with Crippen molar-refractivity contribution < 1.29 is 22.6 Å². The van der Waals surface area contributed by atoms with E-state index >= 15 is 0 Å². The molecule has 1 atom stereocenters. The van der Waals surface area contributed by atoms with Crippen molar-refractivity contribution in [2.75, 3.05) is 18.5 Å². The number of hydrogen-bond donors (Lipinski definition) is 2. The molecular formula is C19H16F3N5O2. The topological polar surface area (TPSA) is 86.7 Å². The molecule has 0 aliphatic carbocycles. The molecule has 3 aromatic rings. The molecule has 150 valence electrons. The summed E-state index contributed by atoms with van der Waals surface area (Å²) in [6.07, 6.45) is -4.30. The number of alkyl halides is 3. The van der Waals surface area contributed by atoms with E-state index in [1.54, 1.807) is 10.6 Å². The zero-order valence-electron chi connectivity index (χ0n) is 15.0. The molecule has 2 aromatic carbocycles. The predicted octanol–water partition coefficient (Wildman–Crippen LogP) is 3.50. The van der Waals surface area contributed by atoms with Crippen molar-refractivity contribution in [2.24, 2.45) is 10.7 Å². The van der Waals surface area contributed by atoms with Crippen LogP contribution in [0.25, 0.3) is 11.0 Å². The van der Waals surface area contributed by atoms with Crippen LogP contribution in [0.4, 0.5) is 19.1 Å². The molecule has 3 N–H and O–H groups in total. The highest BCUT2D eigenvalue weighted by Crippen LogP contribution is 2.39. The van der Waals surface area contributed by atoms with Crippen molar-refractivity contribution in [1.82, 2.24) is 9.55 Å². The maximum absolute atomic E-state index is 12.9. The summed E-state index contributed by atoms with van der Waals surface area (Å²) in [7, 11) is 0. The van der Waals surface area contributed by atoms with Gasteiger partial charge < -0.3 is 15.2 Å². The lowest BCUT2D eigenvalue weighted by Gasteiger charge is -2.24. The average molecular weight is 403 g/mol. The van der Waals surface area contributed by atoms with E-state index in [9.17, 15) is 13.2 Å². The molecule has 0 unspecified atom stereocenters. The Bertz CT molecular complexity index is 1120. The Hall–Kier alpha value is -3.43. The van der Waals surface area contributed by atoms with Gasteiger partial charge in [-0.15, -0.1) is 0 Å². The van der Waals surface area contributed by atoms with Crippen LogP contribution in [0.3, 0.4) is 0 Å². The molecule has 0 amide bonds. The number of fused-ring (bicyclic) bond motifs is 4. The number of nitrogens with two attached hydrogens (primary N) is 1. The summed E-state index contributed by atoms with van der Waals surface area (Å²) in [6, 6.07) is 8.45. The molecule has 10 heteroatoms. The van der Waals surface area contributed by atoms with Gasteiger partial charge >= 0.3 is 6.18 Å². The number of aliphatic imine (C=N–C) groups is 1. The molecule has 5 rings (SSSR count). The summed E-state index contributed by atoms with van der Waals surface area (Å²) in [5.74, 6) is 1.76. The molecule has 0 fully saturated rings. The maximum atomic E-state index is 12.9. The van der Waals surface area contributed by atoms with Crippen LogP contribution >= 0.6 is 0 Å². The van der Waals surface area contributed by atoms with Crippen LogP contribution in [-0.4, -0.2) is 28.7 Å². The number of rotatable bonds is 1. The molecule has 29 heavy (non-hydrogen) atoms. The largest absolute Gasteiger partial charge is 0.489 e. The number of hydrogen-bond acceptors (Lipinski definition) is 6. The first-order chi connectivity index (χ1) is 13.9. The highest BCUT2D eigenvalue weighted by Gasteiger charge is 2.31. The lowest BCUT2D eigenvalue weighted by molar-refractivity contribution is -0.137. The third kappa shape index (κ3) is 3.00. The normalized spacial score (nSPS) is 18.6. The van der Waals surface area contributed by atoms with Crippen molar-refractivity contribution in [2.45, 2.75) is 18.8 Å². The van der Waals surface area contributed by atoms with E-state index in [-0.39, 0.29) is 5.96 Å². The Morgan fingerprint density at radius 2 is 1.76 bits per heavy atom. The van der Waals surface area contributed by atoms with Gasteiger partial charge in [-0.05, 0) is 17.7 Å². The number of benzene rings is 2. The second-order valence-electron chi connectivity index (χ2n) is 6.78. The first-order valence-corrected chi connectivity index (χ1v) is 8.99. The van der Waals surface area contributed by atoms with E-state index < -0.39 is 17.9 Å². The van der Waals surface area contributed by atoms with E-state index in [0.29, 0.717) is 47.3 Å². The Balaban J connectivity index is 1.64. The van der Waals surface area contributed by atoms with Gasteiger partial charge in [-0.3, -0.25) is 9.88 Å². The first-order valence-electron chi connectivity index (χ1n) is 8.99. The summed E-state index contributed by atoms with van der Waals surface area (Å²) in [5.41, 5.74) is 7.07. The summed E-state index contributed by atoms with van der Waals surface area (Å²) in [6.45, 7) is 1.08. The first kappa shape index (κ1) is 17.7. The van der Waals surface area contributed by atoms with Gasteiger partial charge in [0.1, 0.15) is 0 Å². The van der Waals surface area contributed by atoms with Crippen molar-refractivity contribution >= 4 is 22.9 Å². The van der Waals surface area contributed by atoms with Crippen molar-refractivity contribution in [3.05, 3.63) is 47.5 Å². The number of imidazole rings is 1. The molecule has 1 aromatic heterocycles. The predicted molar refractivity (Wildman–Crippen MR) is 100 cm³/mol. The van der Waals surface area contributed by atoms with Crippen LogP contribution in [0.1, 0.15) is 23.7 Å². The highest BCUT2D eigenvalue weighted by atomic mass is 19.4. The van der Waals surface area contributed by atoms with Crippen LogP contribution in [0.5, 0.6) is 11.5 Å². The second-order valence-corrected chi connectivity index (χ2v) is 6.78. The van der Waals surface area contributed by atoms with Crippen LogP contribution in [0, 0.1) is 0 Å². The van der Waals surface area contributed by atoms with Crippen molar-refractivity contribution in [1.29, 1.82) is 0 Å². The number of ether oxygens (including phenoxy) is 2. The molecule has 0 bridgehead atoms. The van der Waals surface area contributed by atoms with Crippen molar-refractivity contribution in [3.8, 4) is 11.5 Å². The fraction of sp³-hybridized carbons (Fsp3) is 0.263. The number of aromatic nitrogens is 2. The molecular weight excluding hydrogens is 387 g/mol. The highest BCUT2D eigenvalue weighted by molar-refractivity contribution is 5.95. The van der Waals surface area contributed by atoms with Crippen LogP contribution < -0.4 is 20.5 Å². The Morgan fingerprint density at radius 3 is 2.45 bits per heavy atom. The fourth-order valence-corrected chi connectivity index (χ4v) is 3.49. The van der Waals surface area contributed by atoms with Crippen LogP contribution in [0.15, 0.2) is 41.4 Å². The van der Waals surface area contributed by atoms with Gasteiger partial charge in [0.05, 0.1) is 29.8 Å². The van der Waals surface area contributed by atoms with Gasteiger partial charge in [-0.2, -0.15) is 13.2 Å². The van der Waals surface area contributed by atoms with E-state index in [1.165, 1.54) is 12.1 Å². The summed E-state index contributed by atoms with van der Waals surface area (Å²) in [5, 5.41) is 2.91. The second kappa shape index (κ2) is 6.29. The number of nitrogens with one attached hydrogen (secondary N) is 1. The smallest absolute Gasteiger partial charge is 0.416 e. The SMILES string of the molecule is NC1=N[C@H](c2ccc(C(F)(F)F)cc2)n2c(nc3cc4c(cc32)OCCCO4)N1. The minimum Gasteiger partial charge on any atom is -0.489 e. The quantitative estimate of drug-likeness (QED) is 0.650. The number of nitrogens with zero attached hydrogens (tertiary/aromatic N) is 3. The minimum absolute atomic E-state index is 0.131. The number of halogens is 3. The van der Waals surface area contributed by atoms with Gasteiger partial charge in [0.15, 0.2) is 23.6 Å². The summed E-state index contributed by atoms with van der Waals surface area (Å²) < 4.78 is 52.0. The Labute approximate surface area is 162 Å². The van der Waals surface area contributed by atoms with Crippen molar-refractivity contribution in [3.63, 3.8) is 0 Å². The van der Waals surface area contributed by atoms with E-state index in [1.807, 2.05) is 6.07 Å². The fourth-order valence-electron chi connectivity index (χ4n) is 3.49. The van der Waals surface area contributed by atoms with Gasteiger partial charge in [0.25, 0.3) is 0 Å². The molecule has 3 heterocycles. The van der Waals surface area contributed by atoms with E-state index in [4.69, 9.17) is 15.2 Å². The summed E-state index contributed by atoms with van der Waals surface area (Å²) >= 11 is 0. The zero-order chi connectivity index (χ0) is 20.2. The third-order valence-electron chi connectivity index (χ3n) is 4.84. The van der Waals surface area contributed by atoms with E-state index in [2.05, 4.69) is 15.3 Å². The van der Waals surface area contributed by atoms with Gasteiger partial charge in [-0.25, -0.2) is 9.98 Å². The molecule has 0 saturated heterocycles. The van der Waals surface area contributed by atoms with Gasteiger partial charge in [0, 0.05) is 18.6 Å². The Kier molecular flexibility index (Phi) is 3.83. The van der Waals surface area contributed by atoms with Crippen LogP contribution in [0.2, 0.25) is 0 Å².